The van der Waals surface area contributed by atoms with Crippen molar-refractivity contribution in [2.24, 2.45) is 0 Å². The number of rotatable bonds is 4. The number of carbonyl (C=O) groups is 1. The number of benzene rings is 1. The van der Waals surface area contributed by atoms with E-state index in [-0.39, 0.29) is 0 Å². The summed E-state index contributed by atoms with van der Waals surface area (Å²) in [5.74, 6) is 0. The highest BCUT2D eigenvalue weighted by Gasteiger charge is 2.07. The van der Waals surface area contributed by atoms with E-state index in [1.165, 1.54) is 5.56 Å². The first-order valence-corrected chi connectivity index (χ1v) is 5.71. The first-order valence-electron chi connectivity index (χ1n) is 5.27. The number of halogens is 1. The molecule has 88 valence electrons. The monoisotopic (exact) mass is 249 g/mol. The molecule has 1 heterocycles. The van der Waals surface area contributed by atoms with E-state index in [4.69, 9.17) is 11.6 Å². The van der Waals surface area contributed by atoms with Gasteiger partial charge in [-0.3, -0.25) is 9.78 Å². The highest BCUT2D eigenvalue weighted by Crippen LogP contribution is 2.17. The average Bonchev–Trinajstić information content (AvgIpc) is 2.28. The molecule has 0 aliphatic rings. The molecule has 0 amide bonds. The van der Waals surface area contributed by atoms with Crippen LogP contribution in [0.3, 0.4) is 0 Å². The molecule has 2 aromatic rings. The summed E-state index contributed by atoms with van der Waals surface area (Å²) >= 11 is 5.82. The molecular weight excluding hydrogens is 238 g/mol. The molecule has 2 rings (SSSR count). The van der Waals surface area contributed by atoms with Crippen LogP contribution in [0.15, 0.2) is 30.5 Å². The molecule has 0 aliphatic heterocycles. The Morgan fingerprint density at radius 1 is 1.47 bits per heavy atom. The van der Waals surface area contributed by atoms with E-state index in [0.717, 1.165) is 16.5 Å². The molecule has 0 spiro atoms. The van der Waals surface area contributed by atoms with Crippen molar-refractivity contribution in [3.63, 3.8) is 0 Å². The number of fused-ring (bicyclic) bond motifs is 1. The lowest BCUT2D eigenvalue weighted by Gasteiger charge is -2.08. The Kier molecular flexibility index (Phi) is 3.59. The van der Waals surface area contributed by atoms with E-state index in [9.17, 15) is 4.79 Å². The van der Waals surface area contributed by atoms with Crippen LogP contribution in [0.4, 0.5) is 0 Å². The molecular formula is C13H12ClNO2. The Morgan fingerprint density at radius 2 is 2.29 bits per heavy atom. The van der Waals surface area contributed by atoms with Crippen LogP contribution in [0.25, 0.3) is 10.9 Å². The van der Waals surface area contributed by atoms with E-state index < -0.39 is 5.56 Å². The lowest BCUT2D eigenvalue weighted by molar-refractivity contribution is -0.130. The van der Waals surface area contributed by atoms with Gasteiger partial charge in [0.2, 0.25) is 0 Å². The molecule has 1 atom stereocenters. The van der Waals surface area contributed by atoms with Gasteiger partial charge in [-0.1, -0.05) is 23.2 Å². The molecule has 0 radical (unpaired) electrons. The van der Waals surface area contributed by atoms with Crippen LogP contribution in [0.5, 0.6) is 0 Å². The molecule has 3 nitrogen and oxygen atoms in total. The molecule has 1 aromatic carbocycles. The smallest absolute Gasteiger partial charge is 0.294 e. The SMILES string of the molecule is Cc1ccc2ncc(CC(Cl)OC=O)cc2c1. The number of alkyl halides is 1. The lowest BCUT2D eigenvalue weighted by Crippen LogP contribution is -2.07. The quantitative estimate of drug-likeness (QED) is 0.618. The molecule has 0 aliphatic carbocycles. The second-order valence-corrected chi connectivity index (χ2v) is 4.37. The van der Waals surface area contributed by atoms with Gasteiger partial charge in [-0.25, -0.2) is 0 Å². The second kappa shape index (κ2) is 5.15. The largest absolute Gasteiger partial charge is 0.448 e. The Labute approximate surface area is 104 Å². The number of carbonyl (C=O) groups excluding carboxylic acids is 1. The van der Waals surface area contributed by atoms with Crippen molar-refractivity contribution in [3.05, 3.63) is 41.6 Å². The maximum absolute atomic E-state index is 10.1. The summed E-state index contributed by atoms with van der Waals surface area (Å²) in [7, 11) is 0. The predicted octanol–water partition coefficient (Wildman–Crippen LogP) is 2.82. The molecule has 0 saturated heterocycles. The van der Waals surface area contributed by atoms with Crippen molar-refractivity contribution in [2.75, 3.05) is 0 Å². The zero-order valence-electron chi connectivity index (χ0n) is 9.39. The minimum absolute atomic E-state index is 0.357. The van der Waals surface area contributed by atoms with E-state index in [0.29, 0.717) is 12.9 Å². The first kappa shape index (κ1) is 11.9. The first-order chi connectivity index (χ1) is 8.19. The number of hydrogen-bond acceptors (Lipinski definition) is 3. The summed E-state index contributed by atoms with van der Waals surface area (Å²) in [6.45, 7) is 2.39. The van der Waals surface area contributed by atoms with Crippen LogP contribution in [0.1, 0.15) is 11.1 Å². The fraction of sp³-hybridized carbons (Fsp3) is 0.231. The number of ether oxygens (including phenoxy) is 1. The van der Waals surface area contributed by atoms with Crippen molar-refractivity contribution in [3.8, 4) is 0 Å². The molecule has 0 fully saturated rings. The zero-order valence-corrected chi connectivity index (χ0v) is 10.1. The molecule has 4 heteroatoms. The van der Waals surface area contributed by atoms with Crippen LogP contribution >= 0.6 is 11.6 Å². The maximum atomic E-state index is 10.1. The van der Waals surface area contributed by atoms with Crippen molar-refractivity contribution in [1.82, 2.24) is 4.98 Å². The average molecular weight is 250 g/mol. The number of pyridine rings is 1. The molecule has 17 heavy (non-hydrogen) atoms. The highest BCUT2D eigenvalue weighted by molar-refractivity contribution is 6.20. The summed E-state index contributed by atoms with van der Waals surface area (Å²) in [6.07, 6.45) is 2.21. The van der Waals surface area contributed by atoms with Crippen molar-refractivity contribution < 1.29 is 9.53 Å². The molecule has 0 N–H and O–H groups in total. The normalized spacial score (nSPS) is 12.4. The topological polar surface area (TPSA) is 39.2 Å². The van der Waals surface area contributed by atoms with Gasteiger partial charge in [-0.2, -0.15) is 0 Å². The molecule has 0 saturated carbocycles. The number of hydrogen-bond donors (Lipinski definition) is 0. The minimum Gasteiger partial charge on any atom is -0.448 e. The molecule has 1 aromatic heterocycles. The van der Waals surface area contributed by atoms with E-state index in [2.05, 4.69) is 15.8 Å². The van der Waals surface area contributed by atoms with Gasteiger partial charge in [0.15, 0.2) is 5.56 Å². The van der Waals surface area contributed by atoms with Gasteiger partial charge in [0.1, 0.15) is 0 Å². The van der Waals surface area contributed by atoms with Crippen molar-refractivity contribution >= 4 is 29.0 Å². The van der Waals surface area contributed by atoms with Gasteiger partial charge >= 0.3 is 0 Å². The Balaban J connectivity index is 2.27. The Bertz CT molecular complexity index is 542. The highest BCUT2D eigenvalue weighted by atomic mass is 35.5. The van der Waals surface area contributed by atoms with Crippen LogP contribution in [-0.2, 0) is 16.0 Å². The number of nitrogens with zero attached hydrogens (tertiary/aromatic N) is 1. The third kappa shape index (κ3) is 2.94. The summed E-state index contributed by atoms with van der Waals surface area (Å²) in [4.78, 5) is 14.5. The van der Waals surface area contributed by atoms with Crippen LogP contribution in [0, 0.1) is 6.92 Å². The maximum Gasteiger partial charge on any atom is 0.294 e. The van der Waals surface area contributed by atoms with Crippen LogP contribution in [0.2, 0.25) is 0 Å². The van der Waals surface area contributed by atoms with Crippen molar-refractivity contribution in [1.29, 1.82) is 0 Å². The lowest BCUT2D eigenvalue weighted by atomic mass is 10.1. The Morgan fingerprint density at radius 3 is 3.06 bits per heavy atom. The van der Waals surface area contributed by atoms with Crippen LogP contribution in [-0.4, -0.2) is 17.0 Å². The summed E-state index contributed by atoms with van der Waals surface area (Å²) < 4.78 is 4.64. The minimum atomic E-state index is -0.642. The molecule has 1 unspecified atom stereocenters. The van der Waals surface area contributed by atoms with Crippen molar-refractivity contribution in [2.45, 2.75) is 18.9 Å². The van der Waals surface area contributed by atoms with Gasteiger partial charge < -0.3 is 4.74 Å². The third-order valence-corrected chi connectivity index (χ3v) is 2.75. The number of aromatic nitrogens is 1. The van der Waals surface area contributed by atoms with Gasteiger partial charge in [-0.05, 0) is 30.7 Å². The van der Waals surface area contributed by atoms with Gasteiger partial charge in [0.25, 0.3) is 6.47 Å². The number of aryl methyl sites for hydroxylation is 1. The van der Waals surface area contributed by atoms with E-state index in [1.807, 2.05) is 25.1 Å². The van der Waals surface area contributed by atoms with Gasteiger partial charge in [0.05, 0.1) is 5.52 Å². The third-order valence-electron chi connectivity index (χ3n) is 2.49. The van der Waals surface area contributed by atoms with Gasteiger partial charge in [-0.15, -0.1) is 0 Å². The fourth-order valence-electron chi connectivity index (χ4n) is 1.70. The second-order valence-electron chi connectivity index (χ2n) is 3.89. The van der Waals surface area contributed by atoms with E-state index in [1.54, 1.807) is 6.20 Å². The fourth-order valence-corrected chi connectivity index (χ4v) is 1.92. The summed E-state index contributed by atoms with van der Waals surface area (Å²) in [5.41, 5.74) is 2.44. The summed E-state index contributed by atoms with van der Waals surface area (Å²) in [5, 5.41) is 1.07. The zero-order chi connectivity index (χ0) is 12.3. The Hall–Kier alpha value is -1.61. The van der Waals surface area contributed by atoms with Gasteiger partial charge in [0, 0.05) is 18.0 Å². The molecule has 0 bridgehead atoms. The van der Waals surface area contributed by atoms with E-state index >= 15 is 0 Å². The van der Waals surface area contributed by atoms with Crippen LogP contribution < -0.4 is 0 Å². The predicted molar refractivity (Wildman–Crippen MR) is 67.0 cm³/mol. The standard InChI is InChI=1S/C13H12ClNO2/c1-9-2-3-12-11(4-9)5-10(7-15-12)6-13(14)17-8-16/h2-5,7-8,13H,6H2,1H3. The summed E-state index contributed by atoms with van der Waals surface area (Å²) in [6, 6.07) is 8.08.